The van der Waals surface area contributed by atoms with Crippen LogP contribution in [0.5, 0.6) is 0 Å². The molecule has 0 N–H and O–H groups in total. The number of hydrogen-bond donors (Lipinski definition) is 0. The number of carbonyl (C=O) groups is 2. The highest BCUT2D eigenvalue weighted by atomic mass is 16.1. The summed E-state index contributed by atoms with van der Waals surface area (Å²) in [6.07, 6.45) is 4.14. The average molecular weight is 168 g/mol. The fourth-order valence-electron chi connectivity index (χ4n) is 1.96. The molecule has 0 amide bonds. The van der Waals surface area contributed by atoms with Gasteiger partial charge in [0.1, 0.15) is 12.1 Å². The van der Waals surface area contributed by atoms with Crippen molar-refractivity contribution in [2.75, 3.05) is 0 Å². The molecule has 0 radical (unpaired) electrons. The fourth-order valence-corrected chi connectivity index (χ4v) is 1.96. The number of rotatable bonds is 2. The number of carbonyl (C=O) groups excluding carboxylic acids is 2. The summed E-state index contributed by atoms with van der Waals surface area (Å²) >= 11 is 0. The summed E-state index contributed by atoms with van der Waals surface area (Å²) in [4.78, 5) is 21.8. The Bertz CT molecular complexity index is 198. The van der Waals surface area contributed by atoms with Gasteiger partial charge >= 0.3 is 0 Å². The minimum absolute atomic E-state index is 0.0584. The van der Waals surface area contributed by atoms with Crippen molar-refractivity contribution in [3.63, 3.8) is 0 Å². The maximum atomic E-state index is 11.4. The lowest BCUT2D eigenvalue weighted by molar-refractivity contribution is -0.130. The molecule has 1 saturated carbocycles. The van der Waals surface area contributed by atoms with Crippen molar-refractivity contribution in [1.29, 1.82) is 0 Å². The first-order valence-corrected chi connectivity index (χ1v) is 4.56. The summed E-state index contributed by atoms with van der Waals surface area (Å²) in [7, 11) is 0. The van der Waals surface area contributed by atoms with Crippen molar-refractivity contribution in [1.82, 2.24) is 0 Å². The van der Waals surface area contributed by atoms with E-state index in [0.29, 0.717) is 18.6 Å². The maximum Gasteiger partial charge on any atom is 0.136 e. The molecule has 1 aliphatic rings. The van der Waals surface area contributed by atoms with Crippen LogP contribution in [0.3, 0.4) is 0 Å². The zero-order valence-electron chi connectivity index (χ0n) is 7.80. The Labute approximate surface area is 73.3 Å². The fraction of sp³-hybridized carbons (Fsp3) is 0.800. The standard InChI is InChI=1S/C10H16O2/c1-8-9(12)4-3-5-10(8,2)6-7-11/h7-8H,3-6H2,1-2H3/t8?,10-/m1/s1. The molecule has 0 aliphatic heterocycles. The second-order valence-corrected chi connectivity index (χ2v) is 4.07. The van der Waals surface area contributed by atoms with Crippen molar-refractivity contribution in [3.05, 3.63) is 0 Å². The van der Waals surface area contributed by atoms with Crippen LogP contribution in [0.15, 0.2) is 0 Å². The lowest BCUT2D eigenvalue weighted by Gasteiger charge is -2.37. The average Bonchev–Trinajstić information content (AvgIpc) is 2.01. The van der Waals surface area contributed by atoms with Crippen LogP contribution in [-0.2, 0) is 9.59 Å². The maximum absolute atomic E-state index is 11.4. The van der Waals surface area contributed by atoms with E-state index in [0.717, 1.165) is 19.1 Å². The SMILES string of the molecule is CC1C(=O)CCC[C@]1(C)CC=O. The molecular weight excluding hydrogens is 152 g/mol. The van der Waals surface area contributed by atoms with Crippen molar-refractivity contribution in [2.45, 2.75) is 39.5 Å². The highest BCUT2D eigenvalue weighted by molar-refractivity contribution is 5.82. The molecule has 68 valence electrons. The third kappa shape index (κ3) is 1.57. The number of hydrogen-bond acceptors (Lipinski definition) is 2. The van der Waals surface area contributed by atoms with Gasteiger partial charge in [-0.25, -0.2) is 0 Å². The molecule has 0 aromatic carbocycles. The molecule has 2 nitrogen and oxygen atoms in total. The Hall–Kier alpha value is -0.660. The molecule has 1 aliphatic carbocycles. The third-order valence-corrected chi connectivity index (χ3v) is 3.25. The van der Waals surface area contributed by atoms with E-state index in [-0.39, 0.29) is 11.3 Å². The summed E-state index contributed by atoms with van der Waals surface area (Å²) in [5.74, 6) is 0.391. The van der Waals surface area contributed by atoms with Crippen LogP contribution in [0.25, 0.3) is 0 Å². The summed E-state index contributed by atoms with van der Waals surface area (Å²) < 4.78 is 0. The van der Waals surface area contributed by atoms with E-state index in [1.165, 1.54) is 0 Å². The van der Waals surface area contributed by atoms with E-state index in [4.69, 9.17) is 0 Å². The Morgan fingerprint density at radius 3 is 2.92 bits per heavy atom. The van der Waals surface area contributed by atoms with Crippen LogP contribution in [0.4, 0.5) is 0 Å². The van der Waals surface area contributed by atoms with Crippen molar-refractivity contribution < 1.29 is 9.59 Å². The Balaban J connectivity index is 2.73. The Morgan fingerprint density at radius 2 is 2.33 bits per heavy atom. The third-order valence-electron chi connectivity index (χ3n) is 3.25. The van der Waals surface area contributed by atoms with Crippen LogP contribution in [0.2, 0.25) is 0 Å². The van der Waals surface area contributed by atoms with Gasteiger partial charge in [-0.1, -0.05) is 13.8 Å². The lowest BCUT2D eigenvalue weighted by atomic mass is 9.66. The molecule has 0 spiro atoms. The van der Waals surface area contributed by atoms with E-state index in [2.05, 4.69) is 0 Å². The highest BCUT2D eigenvalue weighted by Gasteiger charge is 2.37. The van der Waals surface area contributed by atoms with Crippen LogP contribution in [0.1, 0.15) is 39.5 Å². The second kappa shape index (κ2) is 3.38. The van der Waals surface area contributed by atoms with E-state index in [1.807, 2.05) is 13.8 Å². The van der Waals surface area contributed by atoms with Crippen molar-refractivity contribution in [2.24, 2.45) is 11.3 Å². The van der Waals surface area contributed by atoms with Crippen LogP contribution >= 0.6 is 0 Å². The van der Waals surface area contributed by atoms with E-state index in [1.54, 1.807) is 0 Å². The first-order chi connectivity index (χ1) is 5.60. The summed E-state index contributed by atoms with van der Waals surface area (Å²) in [5, 5.41) is 0. The normalized spacial score (nSPS) is 36.5. The summed E-state index contributed by atoms with van der Waals surface area (Å²) in [6, 6.07) is 0. The van der Waals surface area contributed by atoms with Gasteiger partial charge in [-0.3, -0.25) is 4.79 Å². The molecule has 0 saturated heterocycles. The molecule has 1 fully saturated rings. The zero-order chi connectivity index (χ0) is 9.19. The Kier molecular flexibility index (Phi) is 2.65. The van der Waals surface area contributed by atoms with Crippen LogP contribution < -0.4 is 0 Å². The van der Waals surface area contributed by atoms with Gasteiger partial charge in [0.2, 0.25) is 0 Å². The number of aldehydes is 1. The van der Waals surface area contributed by atoms with E-state index < -0.39 is 0 Å². The van der Waals surface area contributed by atoms with Gasteiger partial charge in [-0.15, -0.1) is 0 Å². The number of ketones is 1. The van der Waals surface area contributed by atoms with Crippen LogP contribution in [0, 0.1) is 11.3 Å². The van der Waals surface area contributed by atoms with Gasteiger partial charge in [0.15, 0.2) is 0 Å². The second-order valence-electron chi connectivity index (χ2n) is 4.07. The van der Waals surface area contributed by atoms with Gasteiger partial charge in [-0.05, 0) is 18.3 Å². The van der Waals surface area contributed by atoms with Gasteiger partial charge in [0, 0.05) is 18.8 Å². The van der Waals surface area contributed by atoms with Gasteiger partial charge < -0.3 is 4.79 Å². The molecule has 0 heterocycles. The molecule has 1 rings (SSSR count). The molecule has 1 unspecified atom stereocenters. The van der Waals surface area contributed by atoms with Gasteiger partial charge in [0.25, 0.3) is 0 Å². The van der Waals surface area contributed by atoms with E-state index >= 15 is 0 Å². The van der Waals surface area contributed by atoms with E-state index in [9.17, 15) is 9.59 Å². The molecule has 0 aromatic heterocycles. The van der Waals surface area contributed by atoms with Gasteiger partial charge in [-0.2, -0.15) is 0 Å². The van der Waals surface area contributed by atoms with Crippen molar-refractivity contribution in [3.8, 4) is 0 Å². The molecule has 12 heavy (non-hydrogen) atoms. The largest absolute Gasteiger partial charge is 0.303 e. The monoisotopic (exact) mass is 168 g/mol. The highest BCUT2D eigenvalue weighted by Crippen LogP contribution is 2.40. The lowest BCUT2D eigenvalue weighted by Crippen LogP contribution is -2.35. The minimum atomic E-state index is -0.0584. The zero-order valence-corrected chi connectivity index (χ0v) is 7.80. The quantitative estimate of drug-likeness (QED) is 0.591. The molecule has 0 bridgehead atoms. The van der Waals surface area contributed by atoms with Gasteiger partial charge in [0.05, 0.1) is 0 Å². The first kappa shape index (κ1) is 9.43. The summed E-state index contributed by atoms with van der Waals surface area (Å²) in [5.41, 5.74) is -0.0584. The topological polar surface area (TPSA) is 34.1 Å². The van der Waals surface area contributed by atoms with Crippen molar-refractivity contribution >= 4 is 12.1 Å². The minimum Gasteiger partial charge on any atom is -0.303 e. The molecule has 2 atom stereocenters. The predicted molar refractivity (Wildman–Crippen MR) is 46.8 cm³/mol. The smallest absolute Gasteiger partial charge is 0.136 e. The molecule has 2 heteroatoms. The summed E-state index contributed by atoms with van der Waals surface area (Å²) in [6.45, 7) is 3.99. The molecular formula is C10H16O2. The Morgan fingerprint density at radius 1 is 1.67 bits per heavy atom. The first-order valence-electron chi connectivity index (χ1n) is 4.56. The van der Waals surface area contributed by atoms with Crippen LogP contribution in [-0.4, -0.2) is 12.1 Å². The number of Topliss-reactive ketones (excluding diaryl/α,β-unsaturated/α-hetero) is 1. The predicted octanol–water partition coefficient (Wildman–Crippen LogP) is 1.97. The molecule has 0 aromatic rings.